The predicted molar refractivity (Wildman–Crippen MR) is 90.1 cm³/mol. The van der Waals surface area contributed by atoms with Crippen molar-refractivity contribution in [2.75, 3.05) is 0 Å². The van der Waals surface area contributed by atoms with Gasteiger partial charge >= 0.3 is 26.2 Å². The average Bonchev–Trinajstić information content (AvgIpc) is 2.83. The molecule has 0 aromatic heterocycles. The molecule has 0 fully saturated rings. The molecule has 0 aliphatic heterocycles. The summed E-state index contributed by atoms with van der Waals surface area (Å²) in [5, 5.41) is 0. The Hall–Kier alpha value is -0.807. The summed E-state index contributed by atoms with van der Waals surface area (Å²) >= 11 is 0. The first-order valence-electron chi connectivity index (χ1n) is 6.78. The van der Waals surface area contributed by atoms with Gasteiger partial charge in [-0.3, -0.25) is 0 Å². The van der Waals surface area contributed by atoms with E-state index >= 15 is 0 Å². The second-order valence-electron chi connectivity index (χ2n) is 5.52. The standard InChI is InChI=1S/C18H19.2CH3.Zr/c1-13(2)16-11-15-9-6-10-17(18(15)12-16)14-7-4-3-5-8-14;;;/h3-11,13,16H,12H2,1-2H3;2*1H3;/q3*-1;+3. The van der Waals surface area contributed by atoms with Crippen LogP contribution in [0.25, 0.3) is 11.1 Å². The first kappa shape index (κ1) is 20.2. The Kier molecular flexibility index (Phi) is 8.26. The van der Waals surface area contributed by atoms with Crippen LogP contribution in [0.5, 0.6) is 0 Å². The van der Waals surface area contributed by atoms with Crippen LogP contribution < -0.4 is 0 Å². The molecule has 1 aliphatic carbocycles. The van der Waals surface area contributed by atoms with E-state index in [0.29, 0.717) is 5.92 Å². The maximum atomic E-state index is 2.45. The summed E-state index contributed by atoms with van der Waals surface area (Å²) in [6.45, 7) is 4.63. The van der Waals surface area contributed by atoms with Crippen LogP contribution in [0.4, 0.5) is 0 Å². The molecular weight excluding hydrogens is 331 g/mol. The van der Waals surface area contributed by atoms with Gasteiger partial charge in [-0.15, -0.1) is 11.6 Å². The van der Waals surface area contributed by atoms with E-state index in [0.717, 1.165) is 5.92 Å². The number of hydrogen-bond acceptors (Lipinski definition) is 0. The van der Waals surface area contributed by atoms with Gasteiger partial charge in [0, 0.05) is 0 Å². The minimum atomic E-state index is 0. The van der Waals surface area contributed by atoms with Crippen molar-refractivity contribution < 1.29 is 26.2 Å². The minimum Gasteiger partial charge on any atom is -0.358 e. The Labute approximate surface area is 150 Å². The molecule has 1 radical (unpaired) electrons. The molecule has 109 valence electrons. The normalized spacial score (nSPS) is 15.1. The van der Waals surface area contributed by atoms with E-state index in [1.54, 1.807) is 0 Å². The molecule has 0 nitrogen and oxygen atoms in total. The van der Waals surface area contributed by atoms with Gasteiger partial charge in [-0.1, -0.05) is 74.1 Å². The zero-order valence-corrected chi connectivity index (χ0v) is 16.0. The van der Waals surface area contributed by atoms with Crippen LogP contribution in [0, 0.1) is 33.1 Å². The SMILES string of the molecule is CC(C)C1[CH-]c2cccc(-c3ccccc3)c2C1.[CH3-].[CH3-].[Zr+3]. The van der Waals surface area contributed by atoms with Gasteiger partial charge < -0.3 is 14.9 Å². The molecule has 1 heteroatoms. The number of fused-ring (bicyclic) bond motifs is 1. The van der Waals surface area contributed by atoms with Crippen LogP contribution in [0.2, 0.25) is 0 Å². The van der Waals surface area contributed by atoms with Gasteiger partial charge in [-0.05, 0) is 5.56 Å². The molecule has 0 bridgehead atoms. The smallest absolute Gasteiger partial charge is 0.358 e. The van der Waals surface area contributed by atoms with Crippen molar-refractivity contribution in [3.05, 3.63) is 80.9 Å². The zero-order chi connectivity index (χ0) is 12.5. The Morgan fingerprint density at radius 3 is 2.24 bits per heavy atom. The fourth-order valence-corrected chi connectivity index (χ4v) is 2.83. The zero-order valence-electron chi connectivity index (χ0n) is 13.6. The van der Waals surface area contributed by atoms with E-state index in [1.807, 2.05) is 0 Å². The van der Waals surface area contributed by atoms with Crippen LogP contribution in [0.3, 0.4) is 0 Å². The van der Waals surface area contributed by atoms with Crippen molar-refractivity contribution >= 4 is 0 Å². The molecule has 21 heavy (non-hydrogen) atoms. The van der Waals surface area contributed by atoms with Crippen molar-refractivity contribution in [3.63, 3.8) is 0 Å². The summed E-state index contributed by atoms with van der Waals surface area (Å²) < 4.78 is 0. The van der Waals surface area contributed by atoms with Gasteiger partial charge in [0.2, 0.25) is 0 Å². The summed E-state index contributed by atoms with van der Waals surface area (Å²) in [6.07, 6.45) is 3.64. The molecule has 0 spiro atoms. The van der Waals surface area contributed by atoms with Gasteiger partial charge in [-0.2, -0.15) is 18.1 Å². The van der Waals surface area contributed by atoms with E-state index in [2.05, 4.69) is 68.8 Å². The quantitative estimate of drug-likeness (QED) is 0.612. The van der Waals surface area contributed by atoms with Crippen LogP contribution in [0.15, 0.2) is 48.5 Å². The molecular formula is C20H25Zr. The number of benzene rings is 2. The van der Waals surface area contributed by atoms with Gasteiger partial charge in [-0.25, -0.2) is 0 Å². The fraction of sp³-hybridized carbons (Fsp3) is 0.250. The summed E-state index contributed by atoms with van der Waals surface area (Å²) in [7, 11) is 0. The summed E-state index contributed by atoms with van der Waals surface area (Å²) in [5.41, 5.74) is 5.72. The van der Waals surface area contributed by atoms with Gasteiger partial charge in [0.25, 0.3) is 0 Å². The molecule has 1 aliphatic rings. The number of hydrogen-bond donors (Lipinski definition) is 0. The third-order valence-corrected chi connectivity index (χ3v) is 3.99. The average molecular weight is 357 g/mol. The monoisotopic (exact) mass is 355 g/mol. The topological polar surface area (TPSA) is 0 Å². The number of rotatable bonds is 2. The third kappa shape index (κ3) is 4.10. The van der Waals surface area contributed by atoms with Crippen molar-refractivity contribution in [1.82, 2.24) is 0 Å². The van der Waals surface area contributed by atoms with E-state index in [4.69, 9.17) is 0 Å². The third-order valence-electron chi connectivity index (χ3n) is 3.99. The molecule has 3 rings (SSSR count). The maximum Gasteiger partial charge on any atom is 3.00 e. The van der Waals surface area contributed by atoms with E-state index in [9.17, 15) is 0 Å². The summed E-state index contributed by atoms with van der Waals surface area (Å²) in [4.78, 5) is 0. The van der Waals surface area contributed by atoms with Gasteiger partial charge in [0.05, 0.1) is 0 Å². The van der Waals surface area contributed by atoms with E-state index in [-0.39, 0.29) is 41.1 Å². The second kappa shape index (κ2) is 8.59. The Bertz CT molecular complexity index is 543. The minimum absolute atomic E-state index is 0. The molecule has 2 aromatic rings. The van der Waals surface area contributed by atoms with E-state index in [1.165, 1.54) is 28.7 Å². The summed E-state index contributed by atoms with van der Waals surface area (Å²) in [6, 6.07) is 17.4. The van der Waals surface area contributed by atoms with Crippen LogP contribution >= 0.6 is 0 Å². The Morgan fingerprint density at radius 1 is 0.952 bits per heavy atom. The molecule has 1 unspecified atom stereocenters. The first-order valence-corrected chi connectivity index (χ1v) is 6.78. The largest absolute Gasteiger partial charge is 3.00 e. The van der Waals surface area contributed by atoms with Crippen molar-refractivity contribution in [2.24, 2.45) is 11.8 Å². The van der Waals surface area contributed by atoms with Gasteiger partial charge in [0.1, 0.15) is 0 Å². The molecule has 0 amide bonds. The van der Waals surface area contributed by atoms with Crippen molar-refractivity contribution in [2.45, 2.75) is 20.3 Å². The fourth-order valence-electron chi connectivity index (χ4n) is 2.83. The van der Waals surface area contributed by atoms with Crippen LogP contribution in [-0.4, -0.2) is 0 Å². The van der Waals surface area contributed by atoms with E-state index < -0.39 is 0 Å². The molecule has 1 atom stereocenters. The molecule has 2 aromatic carbocycles. The van der Waals surface area contributed by atoms with Crippen molar-refractivity contribution in [1.29, 1.82) is 0 Å². The Morgan fingerprint density at radius 2 is 1.62 bits per heavy atom. The summed E-state index contributed by atoms with van der Waals surface area (Å²) in [5.74, 6) is 1.42. The molecule has 0 heterocycles. The molecule has 0 N–H and O–H groups in total. The van der Waals surface area contributed by atoms with Crippen LogP contribution in [-0.2, 0) is 32.6 Å². The van der Waals surface area contributed by atoms with Gasteiger partial charge in [0.15, 0.2) is 0 Å². The predicted octanol–water partition coefficient (Wildman–Crippen LogP) is 5.63. The molecule has 0 saturated heterocycles. The van der Waals surface area contributed by atoms with Crippen LogP contribution in [0.1, 0.15) is 25.0 Å². The first-order chi connectivity index (χ1) is 8.75. The van der Waals surface area contributed by atoms with Crippen molar-refractivity contribution in [3.8, 4) is 11.1 Å². The Balaban J connectivity index is 0.00000133. The second-order valence-corrected chi connectivity index (χ2v) is 5.52. The molecule has 0 saturated carbocycles. The maximum absolute atomic E-state index is 2.45.